The van der Waals surface area contributed by atoms with Crippen LogP contribution in [0.4, 0.5) is 24.7 Å². The second kappa shape index (κ2) is 11.7. The SMILES string of the molecule is C=CC(=O)N1CC[NH+](c2nc(O[C@H](C)CN(C)C)nc3c2CCN(c2cc(O)ccc2OC(F)(F)F)C3)CC1. The van der Waals surface area contributed by atoms with Gasteiger partial charge in [0.15, 0.2) is 5.75 Å². The molecule has 10 nitrogen and oxygen atoms in total. The topological polar surface area (TPSA) is 95.7 Å². The molecule has 2 aromatic rings. The van der Waals surface area contributed by atoms with Gasteiger partial charge in [0.1, 0.15) is 24.9 Å². The minimum Gasteiger partial charge on any atom is -0.508 e. The van der Waals surface area contributed by atoms with Crippen LogP contribution >= 0.6 is 0 Å². The summed E-state index contributed by atoms with van der Waals surface area (Å²) in [4.78, 5) is 28.0. The normalized spacial score (nSPS) is 17.1. The Hall–Kier alpha value is -3.58. The number of alkyl halides is 3. The number of nitrogens with one attached hydrogen (secondary N) is 1. The Labute approximate surface area is 225 Å². The second-order valence-corrected chi connectivity index (χ2v) is 9.98. The largest absolute Gasteiger partial charge is 0.573 e. The van der Waals surface area contributed by atoms with Gasteiger partial charge in [-0.25, -0.2) is 0 Å². The standard InChI is InChI=1S/C26H33F3N6O4/c1-5-23(37)33-10-12-34(13-11-33)24-19-8-9-35(21-14-18(36)6-7-22(21)39-26(27,28)29)16-20(19)30-25(31-24)38-17(2)15-32(3)4/h5-7,14,17,36H,1,8-13,15-16H2,2-4H3/p+1/t17-/m1/s1. The van der Waals surface area contributed by atoms with Crippen molar-refractivity contribution in [2.75, 3.05) is 58.3 Å². The number of anilines is 1. The maximum atomic E-state index is 13.1. The van der Waals surface area contributed by atoms with Crippen molar-refractivity contribution < 1.29 is 37.4 Å². The van der Waals surface area contributed by atoms with Crippen molar-refractivity contribution in [3.8, 4) is 17.5 Å². The van der Waals surface area contributed by atoms with Crippen LogP contribution in [-0.4, -0.2) is 96.6 Å². The number of amides is 1. The fraction of sp³-hybridized carbons (Fsp3) is 0.500. The number of carbonyl (C=O) groups is 1. The predicted octanol–water partition coefficient (Wildman–Crippen LogP) is 1.52. The van der Waals surface area contributed by atoms with Gasteiger partial charge >= 0.3 is 12.4 Å². The molecule has 1 amide bonds. The quantitative estimate of drug-likeness (QED) is 0.477. The van der Waals surface area contributed by atoms with E-state index in [-0.39, 0.29) is 36.0 Å². The van der Waals surface area contributed by atoms with Crippen molar-refractivity contribution in [1.82, 2.24) is 19.8 Å². The van der Waals surface area contributed by atoms with Crippen molar-refractivity contribution >= 4 is 17.4 Å². The average Bonchev–Trinajstić information content (AvgIpc) is 2.87. The van der Waals surface area contributed by atoms with Crippen molar-refractivity contribution in [2.45, 2.75) is 32.4 Å². The van der Waals surface area contributed by atoms with Crippen LogP contribution in [0.2, 0.25) is 0 Å². The number of phenolic OH excluding ortho intramolecular Hbond substituents is 1. The Bertz CT molecular complexity index is 1200. The number of hydrogen-bond acceptors (Lipinski definition) is 8. The van der Waals surface area contributed by atoms with E-state index in [4.69, 9.17) is 9.72 Å². The van der Waals surface area contributed by atoms with Crippen LogP contribution < -0.4 is 19.3 Å². The third-order valence-corrected chi connectivity index (χ3v) is 6.67. The lowest BCUT2D eigenvalue weighted by atomic mass is 10.0. The van der Waals surface area contributed by atoms with Gasteiger partial charge in [0.2, 0.25) is 11.7 Å². The maximum absolute atomic E-state index is 13.1. The molecule has 0 aliphatic carbocycles. The minimum atomic E-state index is -4.88. The molecule has 2 aliphatic heterocycles. The van der Waals surface area contributed by atoms with E-state index in [1.54, 1.807) is 9.80 Å². The first-order valence-electron chi connectivity index (χ1n) is 12.7. The summed E-state index contributed by atoms with van der Waals surface area (Å²) in [5.74, 6) is 0.0911. The first-order chi connectivity index (χ1) is 18.4. The van der Waals surface area contributed by atoms with Crippen LogP contribution in [0.3, 0.4) is 0 Å². The van der Waals surface area contributed by atoms with Crippen LogP contribution in [0.1, 0.15) is 18.2 Å². The molecule has 1 saturated heterocycles. The Morgan fingerprint density at radius 1 is 1.26 bits per heavy atom. The number of hydrogen-bond donors (Lipinski definition) is 2. The zero-order chi connectivity index (χ0) is 28.3. The molecule has 1 atom stereocenters. The van der Waals surface area contributed by atoms with Crippen molar-refractivity contribution in [2.24, 2.45) is 0 Å². The number of aromatic nitrogens is 2. The van der Waals surface area contributed by atoms with Gasteiger partial charge in [-0.2, -0.15) is 4.98 Å². The van der Waals surface area contributed by atoms with E-state index in [1.165, 1.54) is 12.1 Å². The van der Waals surface area contributed by atoms with Gasteiger partial charge in [-0.05, 0) is 45.6 Å². The molecule has 0 saturated carbocycles. The predicted molar refractivity (Wildman–Crippen MR) is 137 cm³/mol. The summed E-state index contributed by atoms with van der Waals surface area (Å²) < 4.78 is 49.5. The minimum absolute atomic E-state index is 0.112. The van der Waals surface area contributed by atoms with Gasteiger partial charge in [-0.15, -0.1) is 18.2 Å². The molecular weight excluding hydrogens is 517 g/mol. The molecule has 2 aliphatic rings. The summed E-state index contributed by atoms with van der Waals surface area (Å²) in [5.41, 5.74) is 1.66. The zero-order valence-electron chi connectivity index (χ0n) is 22.3. The number of aromatic hydroxyl groups is 1. The number of likely N-dealkylation sites (N-methyl/N-ethyl adjacent to an activating group) is 1. The van der Waals surface area contributed by atoms with Gasteiger partial charge < -0.3 is 29.3 Å². The van der Waals surface area contributed by atoms with Gasteiger partial charge in [0.05, 0.1) is 36.6 Å². The first-order valence-corrected chi connectivity index (χ1v) is 12.7. The summed E-state index contributed by atoms with van der Waals surface area (Å²) in [6.45, 7) is 9.01. The van der Waals surface area contributed by atoms with E-state index in [0.29, 0.717) is 51.4 Å². The number of benzene rings is 1. The fourth-order valence-electron chi connectivity index (χ4n) is 5.02. The highest BCUT2D eigenvalue weighted by atomic mass is 19.4. The smallest absolute Gasteiger partial charge is 0.508 e. The van der Waals surface area contributed by atoms with Crippen LogP contribution in [0.25, 0.3) is 0 Å². The molecular formula is C26H34F3N6O4+. The summed E-state index contributed by atoms with van der Waals surface area (Å²) in [5, 5.41) is 10.0. The molecule has 1 aromatic heterocycles. The van der Waals surface area contributed by atoms with Crippen LogP contribution in [0.5, 0.6) is 17.5 Å². The number of fused-ring (bicyclic) bond motifs is 1. The summed E-state index contributed by atoms with van der Waals surface area (Å²) in [7, 11) is 3.86. The third-order valence-electron chi connectivity index (χ3n) is 6.67. The molecule has 0 unspecified atom stereocenters. The Morgan fingerprint density at radius 2 is 1.97 bits per heavy atom. The highest BCUT2D eigenvalue weighted by Gasteiger charge is 2.35. The highest BCUT2D eigenvalue weighted by molar-refractivity contribution is 5.87. The van der Waals surface area contributed by atoms with E-state index in [0.717, 1.165) is 28.4 Å². The Morgan fingerprint density at radius 3 is 2.62 bits per heavy atom. The lowest BCUT2D eigenvalue weighted by Crippen LogP contribution is -3.11. The van der Waals surface area contributed by atoms with Crippen molar-refractivity contribution in [3.63, 3.8) is 0 Å². The fourth-order valence-corrected chi connectivity index (χ4v) is 5.02. The summed E-state index contributed by atoms with van der Waals surface area (Å²) in [6, 6.07) is 3.71. The molecule has 4 rings (SSSR count). The van der Waals surface area contributed by atoms with Gasteiger partial charge in [-0.1, -0.05) is 6.58 Å². The molecule has 13 heteroatoms. The number of quaternary nitrogens is 1. The van der Waals surface area contributed by atoms with Crippen LogP contribution in [0.15, 0.2) is 30.9 Å². The number of rotatable bonds is 8. The molecule has 1 aromatic carbocycles. The van der Waals surface area contributed by atoms with Gasteiger partial charge in [-0.3, -0.25) is 9.69 Å². The number of ether oxygens (including phenoxy) is 2. The third kappa shape index (κ3) is 7.09. The first kappa shape index (κ1) is 28.4. The monoisotopic (exact) mass is 551 g/mol. The van der Waals surface area contributed by atoms with Crippen LogP contribution in [0, 0.1) is 0 Å². The number of carbonyl (C=O) groups excluding carboxylic acids is 1. The Balaban J connectivity index is 1.66. The molecule has 0 bridgehead atoms. The average molecular weight is 552 g/mol. The van der Waals surface area contributed by atoms with Crippen molar-refractivity contribution in [1.29, 1.82) is 0 Å². The van der Waals surface area contributed by atoms with Crippen LogP contribution in [-0.2, 0) is 17.8 Å². The molecule has 1 fully saturated rings. The second-order valence-electron chi connectivity index (χ2n) is 9.98. The van der Waals surface area contributed by atoms with E-state index < -0.39 is 12.1 Å². The highest BCUT2D eigenvalue weighted by Crippen LogP contribution is 2.38. The van der Waals surface area contributed by atoms with E-state index in [2.05, 4.69) is 16.3 Å². The maximum Gasteiger partial charge on any atom is 0.573 e. The summed E-state index contributed by atoms with van der Waals surface area (Å²) >= 11 is 0. The Kier molecular flexibility index (Phi) is 8.50. The number of halogens is 3. The van der Waals surface area contributed by atoms with Crippen molar-refractivity contribution in [3.05, 3.63) is 42.1 Å². The number of piperazine rings is 1. The van der Waals surface area contributed by atoms with E-state index >= 15 is 0 Å². The summed E-state index contributed by atoms with van der Waals surface area (Å²) in [6.07, 6.45) is -3.31. The molecule has 0 spiro atoms. The lowest BCUT2D eigenvalue weighted by molar-refractivity contribution is -0.840. The molecule has 0 radical (unpaired) electrons. The lowest BCUT2D eigenvalue weighted by Gasteiger charge is -2.35. The number of nitrogens with zero attached hydrogens (tertiary/aromatic N) is 5. The molecule has 212 valence electrons. The molecule has 3 heterocycles. The number of phenols is 1. The molecule has 39 heavy (non-hydrogen) atoms. The van der Waals surface area contributed by atoms with E-state index in [9.17, 15) is 23.1 Å². The van der Waals surface area contributed by atoms with E-state index in [1.807, 2.05) is 25.9 Å². The van der Waals surface area contributed by atoms with Gasteiger partial charge in [0, 0.05) is 19.2 Å². The van der Waals surface area contributed by atoms with Gasteiger partial charge in [0.25, 0.3) is 0 Å². The zero-order valence-corrected chi connectivity index (χ0v) is 22.3. The molecule has 2 N–H and O–H groups in total.